The van der Waals surface area contributed by atoms with Gasteiger partial charge in [-0.25, -0.2) is 0 Å². The molecule has 0 aliphatic rings. The molecule has 0 aromatic heterocycles. The Morgan fingerprint density at radius 2 is 1.91 bits per heavy atom. The summed E-state index contributed by atoms with van der Waals surface area (Å²) in [5, 5.41) is 8.15. The number of ether oxygens (including phenoxy) is 1. The molecule has 0 heterocycles. The van der Waals surface area contributed by atoms with Crippen molar-refractivity contribution < 1.29 is 19.4 Å². The summed E-state index contributed by atoms with van der Waals surface area (Å²) in [6, 6.07) is 0. The van der Waals surface area contributed by atoms with Crippen molar-refractivity contribution in [3.8, 4) is 0 Å². The molecule has 0 rings (SSSR count). The van der Waals surface area contributed by atoms with E-state index in [0.717, 1.165) is 0 Å². The number of carbonyl (C=O) groups excluding carboxylic acids is 1. The number of rotatable bonds is 4. The van der Waals surface area contributed by atoms with Crippen LogP contribution in [0.4, 0.5) is 0 Å². The van der Waals surface area contributed by atoms with Gasteiger partial charge in [0.15, 0.2) is 0 Å². The predicted molar refractivity (Wildman–Crippen MR) is 40.7 cm³/mol. The quantitative estimate of drug-likeness (QED) is 0.467. The van der Waals surface area contributed by atoms with E-state index in [1.807, 2.05) is 0 Å². The Hall–Kier alpha value is -0.0600. The van der Waals surface area contributed by atoms with Gasteiger partial charge in [-0.15, -0.1) is 0 Å². The molecule has 0 radical (unpaired) electrons. The second kappa shape index (κ2) is 8.04. The van der Waals surface area contributed by atoms with Crippen LogP contribution in [0.1, 0.15) is 19.3 Å². The second-order valence-electron chi connectivity index (χ2n) is 1.82. The normalized spacial score (nSPS) is 8.09. The molecule has 0 fully saturated rings. The fourth-order valence-corrected chi connectivity index (χ4v) is 0.486. The van der Waals surface area contributed by atoms with Crippen LogP contribution in [0.2, 0.25) is 0 Å². The van der Waals surface area contributed by atoms with E-state index in [2.05, 4.69) is 4.74 Å². The molecular weight excluding hydrogens is 159 g/mol. The van der Waals surface area contributed by atoms with Gasteiger partial charge in [0.25, 0.3) is 0 Å². The average Bonchev–Trinajstić information content (AvgIpc) is 1.87. The van der Waals surface area contributed by atoms with Crippen LogP contribution in [0.3, 0.4) is 0 Å². The third kappa shape index (κ3) is 9.94. The molecule has 5 heteroatoms. The third-order valence-electron chi connectivity index (χ3n) is 0.999. The molecule has 0 saturated carbocycles. The summed E-state index contributed by atoms with van der Waals surface area (Å²) in [4.78, 5) is 20.3. The predicted octanol–water partition coefficient (Wildman–Crippen LogP) is -0.234. The number of carboxylic acid groups (broad SMARTS) is 1. The molecule has 0 aliphatic heterocycles. The molecule has 1 N–H and O–H groups in total. The Labute approximate surface area is 87.2 Å². The summed E-state index contributed by atoms with van der Waals surface area (Å²) in [7, 11) is 1.28. The van der Waals surface area contributed by atoms with Crippen molar-refractivity contribution in [3.05, 3.63) is 0 Å². The molecular formula is C6H11NaO4. The van der Waals surface area contributed by atoms with E-state index < -0.39 is 5.97 Å². The van der Waals surface area contributed by atoms with Gasteiger partial charge in [0, 0.05) is 12.8 Å². The first-order valence-corrected chi connectivity index (χ1v) is 2.95. The van der Waals surface area contributed by atoms with E-state index in [-0.39, 0.29) is 48.4 Å². The topological polar surface area (TPSA) is 63.6 Å². The van der Waals surface area contributed by atoms with Gasteiger partial charge < -0.3 is 9.84 Å². The van der Waals surface area contributed by atoms with E-state index in [1.54, 1.807) is 0 Å². The number of carboxylic acids is 1. The standard InChI is InChI=1S/C6H10O4.Na.H/c1-10-6(9)4-2-3-5(7)8;;/h2-4H2,1H3,(H,7,8);;. The molecule has 0 spiro atoms. The number of hydrogen-bond acceptors (Lipinski definition) is 3. The van der Waals surface area contributed by atoms with Gasteiger partial charge in [-0.3, -0.25) is 9.59 Å². The Balaban J connectivity index is 0. The van der Waals surface area contributed by atoms with Gasteiger partial charge in [0.05, 0.1) is 7.11 Å². The molecule has 0 aromatic carbocycles. The molecule has 11 heavy (non-hydrogen) atoms. The summed E-state index contributed by atoms with van der Waals surface area (Å²) < 4.78 is 4.30. The molecule has 0 saturated heterocycles. The number of methoxy groups -OCH3 is 1. The van der Waals surface area contributed by atoms with Crippen LogP contribution in [0.15, 0.2) is 0 Å². The number of aliphatic carboxylic acids is 1. The fourth-order valence-electron chi connectivity index (χ4n) is 0.486. The minimum absolute atomic E-state index is 0. The van der Waals surface area contributed by atoms with Crippen molar-refractivity contribution in [1.82, 2.24) is 0 Å². The zero-order chi connectivity index (χ0) is 7.98. The zero-order valence-corrected chi connectivity index (χ0v) is 5.79. The van der Waals surface area contributed by atoms with Crippen molar-refractivity contribution in [2.24, 2.45) is 0 Å². The molecule has 0 aromatic rings. The van der Waals surface area contributed by atoms with E-state index in [0.29, 0.717) is 6.42 Å². The van der Waals surface area contributed by atoms with Crippen molar-refractivity contribution in [1.29, 1.82) is 0 Å². The van der Waals surface area contributed by atoms with Crippen molar-refractivity contribution in [3.63, 3.8) is 0 Å². The first-order valence-electron chi connectivity index (χ1n) is 2.95. The molecule has 4 nitrogen and oxygen atoms in total. The summed E-state index contributed by atoms with van der Waals surface area (Å²) in [6.45, 7) is 0. The number of hydrogen-bond donors (Lipinski definition) is 1. The third-order valence-corrected chi connectivity index (χ3v) is 0.999. The number of esters is 1. The van der Waals surface area contributed by atoms with Crippen LogP contribution in [0.25, 0.3) is 0 Å². The molecule has 0 amide bonds. The van der Waals surface area contributed by atoms with Crippen molar-refractivity contribution in [2.45, 2.75) is 19.3 Å². The minimum atomic E-state index is -0.885. The molecule has 0 atom stereocenters. The van der Waals surface area contributed by atoms with Gasteiger partial charge in [-0.1, -0.05) is 0 Å². The van der Waals surface area contributed by atoms with Crippen LogP contribution in [0.5, 0.6) is 0 Å². The Kier molecular flexibility index (Phi) is 9.89. The summed E-state index contributed by atoms with van der Waals surface area (Å²) in [5.41, 5.74) is 0. The van der Waals surface area contributed by atoms with Gasteiger partial charge in [0.2, 0.25) is 0 Å². The van der Waals surface area contributed by atoms with Gasteiger partial charge in [-0.2, -0.15) is 0 Å². The Morgan fingerprint density at radius 1 is 1.36 bits per heavy atom. The molecule has 0 unspecified atom stereocenters. The maximum atomic E-state index is 10.4. The van der Waals surface area contributed by atoms with Gasteiger partial charge >= 0.3 is 41.5 Å². The Morgan fingerprint density at radius 3 is 2.27 bits per heavy atom. The summed E-state index contributed by atoms with van der Waals surface area (Å²) >= 11 is 0. The zero-order valence-electron chi connectivity index (χ0n) is 5.79. The van der Waals surface area contributed by atoms with Crippen molar-refractivity contribution in [2.75, 3.05) is 7.11 Å². The van der Waals surface area contributed by atoms with E-state index >= 15 is 0 Å². The average molecular weight is 170 g/mol. The summed E-state index contributed by atoms with van der Waals surface area (Å²) in [6.07, 6.45) is 0.555. The molecule has 0 aliphatic carbocycles. The number of carbonyl (C=O) groups is 2. The first kappa shape index (κ1) is 13.5. The van der Waals surface area contributed by atoms with Crippen molar-refractivity contribution >= 4 is 41.5 Å². The van der Waals surface area contributed by atoms with Crippen LogP contribution < -0.4 is 0 Å². The Bertz CT molecular complexity index is 135. The molecule has 0 bridgehead atoms. The van der Waals surface area contributed by atoms with E-state index in [1.165, 1.54) is 7.11 Å². The van der Waals surface area contributed by atoms with Gasteiger partial charge in [-0.05, 0) is 6.42 Å². The van der Waals surface area contributed by atoms with Crippen LogP contribution in [0, 0.1) is 0 Å². The van der Waals surface area contributed by atoms with Crippen LogP contribution >= 0.6 is 0 Å². The van der Waals surface area contributed by atoms with E-state index in [4.69, 9.17) is 5.11 Å². The van der Waals surface area contributed by atoms with Gasteiger partial charge in [0.1, 0.15) is 0 Å². The monoisotopic (exact) mass is 170 g/mol. The van der Waals surface area contributed by atoms with Crippen LogP contribution in [-0.2, 0) is 14.3 Å². The maximum absolute atomic E-state index is 10.4. The van der Waals surface area contributed by atoms with Crippen LogP contribution in [-0.4, -0.2) is 53.7 Å². The molecule has 60 valence electrons. The SMILES string of the molecule is COC(=O)CCCC(=O)O.[NaH]. The first-order chi connectivity index (χ1) is 4.66. The fraction of sp³-hybridized carbons (Fsp3) is 0.667. The second-order valence-corrected chi connectivity index (χ2v) is 1.82. The van der Waals surface area contributed by atoms with E-state index in [9.17, 15) is 9.59 Å². The summed E-state index contributed by atoms with van der Waals surface area (Å²) in [5.74, 6) is -1.25.